The van der Waals surface area contributed by atoms with Crippen molar-refractivity contribution < 1.29 is 14.3 Å². The molecule has 2 saturated heterocycles. The number of piperidine rings is 1. The van der Waals surface area contributed by atoms with E-state index in [9.17, 15) is 9.90 Å². The molecule has 162 valence electrons. The van der Waals surface area contributed by atoms with Crippen molar-refractivity contribution in [3.63, 3.8) is 0 Å². The van der Waals surface area contributed by atoms with Crippen molar-refractivity contribution in [3.05, 3.63) is 52.1 Å². The number of hydrogen-bond donors (Lipinski definition) is 1. The zero-order valence-electron chi connectivity index (χ0n) is 17.7. The molecule has 1 aromatic carbocycles. The van der Waals surface area contributed by atoms with Crippen molar-refractivity contribution in [1.29, 1.82) is 0 Å². The molecule has 0 radical (unpaired) electrons. The summed E-state index contributed by atoms with van der Waals surface area (Å²) in [7, 11) is 1.69. The molecule has 4 rings (SSSR count). The number of methoxy groups -OCH3 is 1. The summed E-state index contributed by atoms with van der Waals surface area (Å²) >= 11 is 0. The summed E-state index contributed by atoms with van der Waals surface area (Å²) in [6, 6.07) is 9.48. The van der Waals surface area contributed by atoms with Gasteiger partial charge in [0.15, 0.2) is 5.76 Å². The van der Waals surface area contributed by atoms with Gasteiger partial charge in [0, 0.05) is 32.2 Å². The summed E-state index contributed by atoms with van der Waals surface area (Å²) in [5.74, 6) is 1.63. The van der Waals surface area contributed by atoms with E-state index >= 15 is 0 Å². The van der Waals surface area contributed by atoms with E-state index in [4.69, 9.17) is 9.15 Å². The van der Waals surface area contributed by atoms with Gasteiger partial charge in [0.1, 0.15) is 11.5 Å². The SMILES string of the molecule is COc1ccccc1N1CCN(Cc2oc(CN3CCCCC3)cc(=O)c2O)CC1. The Balaban J connectivity index is 1.40. The van der Waals surface area contributed by atoms with Crippen molar-refractivity contribution in [2.45, 2.75) is 32.4 Å². The molecule has 3 heterocycles. The lowest BCUT2D eigenvalue weighted by Crippen LogP contribution is -2.46. The number of ether oxygens (including phenoxy) is 1. The summed E-state index contributed by atoms with van der Waals surface area (Å²) < 4.78 is 11.5. The number of anilines is 1. The zero-order valence-corrected chi connectivity index (χ0v) is 17.7. The normalized spacial score (nSPS) is 18.5. The fourth-order valence-electron chi connectivity index (χ4n) is 4.35. The van der Waals surface area contributed by atoms with E-state index in [1.807, 2.05) is 18.2 Å². The Hall–Kier alpha value is -2.51. The number of para-hydroxylation sites is 2. The first kappa shape index (κ1) is 20.8. The maximum absolute atomic E-state index is 12.3. The van der Waals surface area contributed by atoms with Gasteiger partial charge in [-0.15, -0.1) is 0 Å². The maximum atomic E-state index is 12.3. The van der Waals surface area contributed by atoms with E-state index in [-0.39, 0.29) is 11.2 Å². The molecule has 0 unspecified atom stereocenters. The van der Waals surface area contributed by atoms with E-state index in [0.717, 1.165) is 50.7 Å². The van der Waals surface area contributed by atoms with Crippen LogP contribution in [0.3, 0.4) is 0 Å². The van der Waals surface area contributed by atoms with Gasteiger partial charge in [0.2, 0.25) is 11.2 Å². The Kier molecular flexibility index (Phi) is 6.59. The minimum atomic E-state index is -0.351. The Labute approximate surface area is 177 Å². The summed E-state index contributed by atoms with van der Waals surface area (Å²) in [5.41, 5.74) is 0.744. The lowest BCUT2D eigenvalue weighted by atomic mass is 10.1. The van der Waals surface area contributed by atoms with Crippen LogP contribution in [0.15, 0.2) is 39.5 Å². The summed E-state index contributed by atoms with van der Waals surface area (Å²) in [6.45, 7) is 6.46. The number of benzene rings is 1. The highest BCUT2D eigenvalue weighted by Crippen LogP contribution is 2.29. The molecule has 30 heavy (non-hydrogen) atoms. The van der Waals surface area contributed by atoms with Crippen molar-refractivity contribution in [2.75, 3.05) is 51.3 Å². The molecule has 0 saturated carbocycles. The second kappa shape index (κ2) is 9.53. The van der Waals surface area contributed by atoms with Crippen LogP contribution in [0.4, 0.5) is 5.69 Å². The van der Waals surface area contributed by atoms with Gasteiger partial charge < -0.3 is 19.2 Å². The van der Waals surface area contributed by atoms with Crippen LogP contribution in [-0.2, 0) is 13.1 Å². The molecule has 7 heteroatoms. The van der Waals surface area contributed by atoms with Gasteiger partial charge in [-0.05, 0) is 38.1 Å². The van der Waals surface area contributed by atoms with Gasteiger partial charge in [-0.25, -0.2) is 0 Å². The molecule has 7 nitrogen and oxygen atoms in total. The number of aromatic hydroxyl groups is 1. The molecule has 0 spiro atoms. The van der Waals surface area contributed by atoms with Gasteiger partial charge in [0.05, 0.1) is 25.9 Å². The predicted molar refractivity (Wildman–Crippen MR) is 116 cm³/mol. The molecule has 0 amide bonds. The molecule has 0 bridgehead atoms. The van der Waals surface area contributed by atoms with E-state index in [0.29, 0.717) is 24.6 Å². The highest BCUT2D eigenvalue weighted by Gasteiger charge is 2.22. The Morgan fingerprint density at radius 1 is 0.967 bits per heavy atom. The number of piperazine rings is 1. The van der Waals surface area contributed by atoms with Crippen molar-refractivity contribution in [1.82, 2.24) is 9.80 Å². The minimum absolute atomic E-state index is 0.260. The third-order valence-electron chi connectivity index (χ3n) is 6.04. The first-order chi connectivity index (χ1) is 14.6. The number of rotatable bonds is 6. The predicted octanol–water partition coefficient (Wildman–Crippen LogP) is 2.66. The van der Waals surface area contributed by atoms with Crippen molar-refractivity contribution in [2.24, 2.45) is 0 Å². The van der Waals surface area contributed by atoms with Crippen LogP contribution in [0.2, 0.25) is 0 Å². The highest BCUT2D eigenvalue weighted by atomic mass is 16.5. The average Bonchev–Trinajstić information content (AvgIpc) is 2.78. The van der Waals surface area contributed by atoms with Crippen LogP contribution in [0.25, 0.3) is 0 Å². The largest absolute Gasteiger partial charge is 0.502 e. The Morgan fingerprint density at radius 3 is 2.40 bits per heavy atom. The quantitative estimate of drug-likeness (QED) is 0.781. The topological polar surface area (TPSA) is 69.4 Å². The smallest absolute Gasteiger partial charge is 0.227 e. The van der Waals surface area contributed by atoms with Gasteiger partial charge in [-0.2, -0.15) is 0 Å². The van der Waals surface area contributed by atoms with Crippen LogP contribution in [0.1, 0.15) is 30.8 Å². The van der Waals surface area contributed by atoms with Crippen LogP contribution in [-0.4, -0.2) is 61.3 Å². The van der Waals surface area contributed by atoms with Crippen LogP contribution < -0.4 is 15.1 Å². The molecule has 2 aliphatic heterocycles. The van der Waals surface area contributed by atoms with E-state index in [1.165, 1.54) is 25.3 Å². The monoisotopic (exact) mass is 413 g/mol. The molecule has 0 aliphatic carbocycles. The second-order valence-corrected chi connectivity index (χ2v) is 8.12. The fraction of sp³-hybridized carbons (Fsp3) is 0.522. The lowest BCUT2D eigenvalue weighted by molar-refractivity contribution is 0.187. The Morgan fingerprint density at radius 2 is 1.67 bits per heavy atom. The zero-order chi connectivity index (χ0) is 20.9. The summed E-state index contributed by atoms with van der Waals surface area (Å²) in [4.78, 5) is 19.1. The van der Waals surface area contributed by atoms with Crippen LogP contribution in [0, 0.1) is 0 Å². The van der Waals surface area contributed by atoms with Crippen molar-refractivity contribution in [3.8, 4) is 11.5 Å². The van der Waals surface area contributed by atoms with Gasteiger partial charge >= 0.3 is 0 Å². The maximum Gasteiger partial charge on any atom is 0.227 e. The van der Waals surface area contributed by atoms with E-state index in [2.05, 4.69) is 20.8 Å². The molecular formula is C23H31N3O4. The molecule has 1 N–H and O–H groups in total. The molecular weight excluding hydrogens is 382 g/mol. The molecule has 2 aromatic rings. The van der Waals surface area contributed by atoms with Gasteiger partial charge in [-0.3, -0.25) is 14.6 Å². The minimum Gasteiger partial charge on any atom is -0.502 e. The highest BCUT2D eigenvalue weighted by molar-refractivity contribution is 5.58. The third kappa shape index (κ3) is 4.79. The molecule has 0 atom stereocenters. The number of hydrogen-bond acceptors (Lipinski definition) is 7. The number of likely N-dealkylation sites (tertiary alicyclic amines) is 1. The standard InChI is InChI=1S/C23H31N3O4/c1-29-21-8-4-3-7-19(21)26-13-11-25(12-14-26)17-22-23(28)20(27)15-18(30-22)16-24-9-5-2-6-10-24/h3-4,7-8,15,28H,2,5-6,9-14,16-17H2,1H3. The Bertz CT molecular complexity index is 900. The van der Waals surface area contributed by atoms with Gasteiger partial charge in [0.25, 0.3) is 0 Å². The molecule has 2 fully saturated rings. The van der Waals surface area contributed by atoms with Crippen molar-refractivity contribution >= 4 is 5.69 Å². The first-order valence-corrected chi connectivity index (χ1v) is 10.8. The lowest BCUT2D eigenvalue weighted by Gasteiger charge is -2.36. The molecule has 1 aromatic heterocycles. The summed E-state index contributed by atoms with van der Waals surface area (Å²) in [5, 5.41) is 10.3. The van der Waals surface area contributed by atoms with Crippen LogP contribution >= 0.6 is 0 Å². The first-order valence-electron chi connectivity index (χ1n) is 10.8. The second-order valence-electron chi connectivity index (χ2n) is 8.12. The van der Waals surface area contributed by atoms with Crippen LogP contribution in [0.5, 0.6) is 11.5 Å². The fourth-order valence-corrected chi connectivity index (χ4v) is 4.35. The van der Waals surface area contributed by atoms with Gasteiger partial charge in [-0.1, -0.05) is 18.6 Å². The average molecular weight is 414 g/mol. The van der Waals surface area contributed by atoms with E-state index < -0.39 is 0 Å². The molecule has 2 aliphatic rings. The number of nitrogens with zero attached hydrogens (tertiary/aromatic N) is 3. The third-order valence-corrected chi connectivity index (χ3v) is 6.04. The summed E-state index contributed by atoms with van der Waals surface area (Å²) in [6.07, 6.45) is 3.64. The van der Waals surface area contributed by atoms with E-state index in [1.54, 1.807) is 7.11 Å².